The van der Waals surface area contributed by atoms with Crippen LogP contribution in [-0.2, 0) is 0 Å². The maximum absolute atomic E-state index is 3.00. The van der Waals surface area contributed by atoms with Crippen molar-refractivity contribution in [3.8, 4) is 0 Å². The van der Waals surface area contributed by atoms with Gasteiger partial charge in [0.25, 0.3) is 0 Å². The maximum Gasteiger partial charge on any atom is -0.0320 e. The van der Waals surface area contributed by atoms with E-state index >= 15 is 0 Å². The van der Waals surface area contributed by atoms with Crippen LogP contribution in [0.15, 0.2) is 24.8 Å². The van der Waals surface area contributed by atoms with Crippen LogP contribution in [0.4, 0.5) is 0 Å². The Morgan fingerprint density at radius 3 is 1.90 bits per heavy atom. The van der Waals surface area contributed by atoms with Gasteiger partial charge in [0.05, 0.1) is 0 Å². The van der Waals surface area contributed by atoms with Gasteiger partial charge >= 0.3 is 0 Å². The highest BCUT2D eigenvalue weighted by Crippen LogP contribution is 2.15. The summed E-state index contributed by atoms with van der Waals surface area (Å²) in [6.07, 6.45) is 6.39. The molecule has 0 amide bonds. The predicted octanol–water partition coefficient (Wildman–Crippen LogP) is 3.95. The van der Waals surface area contributed by atoms with E-state index in [0.29, 0.717) is 0 Å². The van der Waals surface area contributed by atoms with E-state index < -0.39 is 0 Å². The second kappa shape index (κ2) is 11.3. The molecule has 0 heteroatoms. The Balaban J connectivity index is 0. The third-order valence-electron chi connectivity index (χ3n) is 1.27. The summed E-state index contributed by atoms with van der Waals surface area (Å²) in [6, 6.07) is 0. The number of hydrogen-bond acceptors (Lipinski definition) is 0. The van der Waals surface area contributed by atoms with Crippen LogP contribution in [-0.4, -0.2) is 0 Å². The molecule has 0 aromatic heterocycles. The van der Waals surface area contributed by atoms with Gasteiger partial charge in [0.2, 0.25) is 0 Å². The van der Waals surface area contributed by atoms with Crippen molar-refractivity contribution in [2.24, 2.45) is 0 Å². The molecule has 0 unspecified atom stereocenters. The van der Waals surface area contributed by atoms with Gasteiger partial charge in [-0.25, -0.2) is 0 Å². The van der Waals surface area contributed by atoms with Gasteiger partial charge in [-0.3, -0.25) is 0 Å². The van der Waals surface area contributed by atoms with E-state index in [0.717, 1.165) is 0 Å². The Labute approximate surface area is 65.7 Å². The van der Waals surface area contributed by atoms with E-state index in [-0.39, 0.29) is 0 Å². The molecule has 0 spiro atoms. The largest absolute Gasteiger partial charge is 0.106 e. The minimum Gasteiger partial charge on any atom is -0.106 e. The first kappa shape index (κ1) is 12.2. The van der Waals surface area contributed by atoms with E-state index in [2.05, 4.69) is 26.2 Å². The third kappa shape index (κ3) is 7.48. The van der Waals surface area contributed by atoms with Gasteiger partial charge in [-0.15, -0.1) is 13.2 Å². The van der Waals surface area contributed by atoms with E-state index in [1.165, 1.54) is 19.3 Å². The summed E-state index contributed by atoms with van der Waals surface area (Å²) < 4.78 is 0. The molecule has 0 bridgehead atoms. The van der Waals surface area contributed by atoms with Crippen LogP contribution in [0.1, 0.15) is 40.0 Å². The third-order valence-corrected chi connectivity index (χ3v) is 1.27. The molecule has 0 N–H and O–H groups in total. The van der Waals surface area contributed by atoms with Crippen LogP contribution in [0.2, 0.25) is 0 Å². The molecule has 0 saturated heterocycles. The average Bonchev–Trinajstić information content (AvgIpc) is 2.48. The average molecular weight is 140 g/mol. The fraction of sp³-hybridized carbons (Fsp3) is 0.600. The normalized spacial score (nSPS) is 13.7. The summed E-state index contributed by atoms with van der Waals surface area (Å²) in [7, 11) is 0. The van der Waals surface area contributed by atoms with Crippen molar-refractivity contribution in [3.05, 3.63) is 24.8 Å². The van der Waals surface area contributed by atoms with E-state index in [1.807, 2.05) is 13.8 Å². The lowest BCUT2D eigenvalue weighted by Gasteiger charge is -1.79. The summed E-state index contributed by atoms with van der Waals surface area (Å²) >= 11 is 0. The molecule has 1 aliphatic rings. The van der Waals surface area contributed by atoms with Gasteiger partial charge in [-0.05, 0) is 26.2 Å². The van der Waals surface area contributed by atoms with Crippen LogP contribution < -0.4 is 0 Å². The molecule has 0 saturated carbocycles. The number of hydrogen-bond donors (Lipinski definition) is 0. The van der Waals surface area contributed by atoms with Crippen LogP contribution in [0.5, 0.6) is 0 Å². The van der Waals surface area contributed by atoms with Gasteiger partial charge in [0.1, 0.15) is 0 Å². The zero-order valence-corrected chi connectivity index (χ0v) is 7.61. The Bertz CT molecular complexity index is 80.0. The second-order valence-electron chi connectivity index (χ2n) is 1.94. The maximum atomic E-state index is 3.00. The fourth-order valence-corrected chi connectivity index (χ4v) is 0.831. The first-order chi connectivity index (χ1) is 4.89. The van der Waals surface area contributed by atoms with Crippen LogP contribution in [0.3, 0.4) is 0 Å². The molecule has 1 aliphatic carbocycles. The standard InChI is InChI=1S/C6H10.C2H6.C2H4/c1-6-4-2-3-5-6;2*1-2/h4H,2-3,5H2,1H3;1-2H3;1-2H2. The van der Waals surface area contributed by atoms with Crippen molar-refractivity contribution >= 4 is 0 Å². The van der Waals surface area contributed by atoms with Crippen LogP contribution >= 0.6 is 0 Å². The lowest BCUT2D eigenvalue weighted by atomic mass is 10.3. The highest BCUT2D eigenvalue weighted by molar-refractivity contribution is 5.02. The van der Waals surface area contributed by atoms with Crippen molar-refractivity contribution in [2.75, 3.05) is 0 Å². The summed E-state index contributed by atoms with van der Waals surface area (Å²) in [5, 5.41) is 0. The van der Waals surface area contributed by atoms with Crippen molar-refractivity contribution in [2.45, 2.75) is 40.0 Å². The van der Waals surface area contributed by atoms with Crippen molar-refractivity contribution < 1.29 is 0 Å². The minimum absolute atomic E-state index is 1.33. The molecule has 0 radical (unpaired) electrons. The van der Waals surface area contributed by atoms with Gasteiger partial charge < -0.3 is 0 Å². The lowest BCUT2D eigenvalue weighted by Crippen LogP contribution is -1.59. The molecule has 0 nitrogen and oxygen atoms in total. The summed E-state index contributed by atoms with van der Waals surface area (Å²) in [5.74, 6) is 0. The van der Waals surface area contributed by atoms with E-state index in [9.17, 15) is 0 Å². The summed E-state index contributed by atoms with van der Waals surface area (Å²) in [6.45, 7) is 12.2. The highest BCUT2D eigenvalue weighted by atomic mass is 14.0. The first-order valence-electron chi connectivity index (χ1n) is 4.05. The summed E-state index contributed by atoms with van der Waals surface area (Å²) in [4.78, 5) is 0. The molecule has 0 aromatic carbocycles. The molecule has 0 aromatic rings. The summed E-state index contributed by atoms with van der Waals surface area (Å²) in [5.41, 5.74) is 1.58. The van der Waals surface area contributed by atoms with Crippen LogP contribution in [0, 0.1) is 0 Å². The molecular weight excluding hydrogens is 120 g/mol. The van der Waals surface area contributed by atoms with Gasteiger partial charge in [-0.1, -0.05) is 25.5 Å². The molecular formula is C10H20. The SMILES string of the molecule is C=C.CC.CC1=CCCC1. The highest BCUT2D eigenvalue weighted by Gasteiger charge is 1.94. The second-order valence-corrected chi connectivity index (χ2v) is 1.94. The monoisotopic (exact) mass is 140 g/mol. The Morgan fingerprint density at radius 1 is 1.30 bits per heavy atom. The topological polar surface area (TPSA) is 0 Å². The zero-order valence-electron chi connectivity index (χ0n) is 7.61. The van der Waals surface area contributed by atoms with E-state index in [4.69, 9.17) is 0 Å². The van der Waals surface area contributed by atoms with Crippen molar-refractivity contribution in [1.29, 1.82) is 0 Å². The molecule has 0 heterocycles. The minimum atomic E-state index is 1.33. The number of rotatable bonds is 0. The molecule has 0 atom stereocenters. The van der Waals surface area contributed by atoms with E-state index in [1.54, 1.807) is 5.57 Å². The molecule has 0 fully saturated rings. The van der Waals surface area contributed by atoms with Gasteiger partial charge in [-0.2, -0.15) is 0 Å². The molecule has 1 rings (SSSR count). The Hall–Kier alpha value is -0.520. The Morgan fingerprint density at radius 2 is 1.80 bits per heavy atom. The van der Waals surface area contributed by atoms with Crippen LogP contribution in [0.25, 0.3) is 0 Å². The number of allylic oxidation sites excluding steroid dienone is 2. The van der Waals surface area contributed by atoms with Gasteiger partial charge in [0, 0.05) is 0 Å². The lowest BCUT2D eigenvalue weighted by molar-refractivity contribution is 0.907. The Kier molecular flexibility index (Phi) is 13.8. The van der Waals surface area contributed by atoms with Gasteiger partial charge in [0.15, 0.2) is 0 Å². The van der Waals surface area contributed by atoms with Crippen molar-refractivity contribution in [3.63, 3.8) is 0 Å². The molecule has 10 heavy (non-hydrogen) atoms. The molecule has 0 aliphatic heterocycles. The smallest absolute Gasteiger partial charge is 0.0320 e. The first-order valence-corrected chi connectivity index (χ1v) is 4.05. The zero-order chi connectivity index (χ0) is 8.41. The molecule has 60 valence electrons. The fourth-order valence-electron chi connectivity index (χ4n) is 0.831. The predicted molar refractivity (Wildman–Crippen MR) is 50.2 cm³/mol. The quantitative estimate of drug-likeness (QED) is 0.447. The van der Waals surface area contributed by atoms with Crippen molar-refractivity contribution in [1.82, 2.24) is 0 Å².